The zero-order valence-electron chi connectivity index (χ0n) is 17.0. The molecular weight excluding hydrogens is 423 g/mol. The van der Waals surface area contributed by atoms with Crippen molar-refractivity contribution in [3.8, 4) is 0 Å². The molecule has 0 saturated carbocycles. The molecule has 0 aromatic heterocycles. The summed E-state index contributed by atoms with van der Waals surface area (Å²) in [5.41, 5.74) is 2.37. The van der Waals surface area contributed by atoms with Crippen molar-refractivity contribution in [3.63, 3.8) is 0 Å². The number of carbonyl (C=O) groups is 1. The van der Waals surface area contributed by atoms with Gasteiger partial charge in [0.15, 0.2) is 0 Å². The highest BCUT2D eigenvalue weighted by Crippen LogP contribution is 2.20. The van der Waals surface area contributed by atoms with Crippen LogP contribution in [-0.2, 0) is 14.4 Å². The minimum atomic E-state index is -0.106. The second-order valence-electron chi connectivity index (χ2n) is 7.19. The third-order valence-corrected chi connectivity index (χ3v) is 5.45. The molecule has 7 heteroatoms. The van der Waals surface area contributed by atoms with E-state index in [-0.39, 0.29) is 11.9 Å². The third-order valence-electron chi connectivity index (χ3n) is 4.98. The van der Waals surface area contributed by atoms with E-state index in [9.17, 15) is 4.79 Å². The molecular formula is C23H26Cl2N2O3. The fourth-order valence-corrected chi connectivity index (χ4v) is 3.92. The van der Waals surface area contributed by atoms with Crippen molar-refractivity contribution >= 4 is 34.9 Å². The number of likely N-dealkylation sites (tertiary alicyclic amines) is 1. The summed E-state index contributed by atoms with van der Waals surface area (Å²) in [4.78, 5) is 19.9. The molecule has 0 unspecified atom stereocenters. The standard InChI is InChI=1S/C23H26Cl2N2O3/c1-2-29-23(28)19-8-5-11-27(16-19)12-13-30-26-22(17-6-3-9-20(24)14-17)18-7-4-10-21(25)15-18/h3-4,6-7,9-10,14-15,19H,2,5,8,11-13,16H2,1H3/t19-/m1/s1. The molecule has 30 heavy (non-hydrogen) atoms. The summed E-state index contributed by atoms with van der Waals surface area (Å²) >= 11 is 12.3. The third kappa shape index (κ3) is 6.46. The Hall–Kier alpha value is -2.08. The maximum atomic E-state index is 12.0. The summed E-state index contributed by atoms with van der Waals surface area (Å²) in [6.07, 6.45) is 1.85. The van der Waals surface area contributed by atoms with E-state index in [2.05, 4.69) is 10.1 Å². The average Bonchev–Trinajstić information content (AvgIpc) is 2.74. The van der Waals surface area contributed by atoms with Gasteiger partial charge in [-0.1, -0.05) is 52.6 Å². The van der Waals surface area contributed by atoms with Crippen LogP contribution in [0.4, 0.5) is 0 Å². The number of piperidine rings is 1. The first-order chi connectivity index (χ1) is 14.6. The van der Waals surface area contributed by atoms with E-state index in [0.29, 0.717) is 42.1 Å². The summed E-state index contributed by atoms with van der Waals surface area (Å²) in [6, 6.07) is 14.9. The maximum Gasteiger partial charge on any atom is 0.310 e. The summed E-state index contributed by atoms with van der Waals surface area (Å²) in [5.74, 6) is -0.166. The molecule has 1 saturated heterocycles. The monoisotopic (exact) mass is 448 g/mol. The first-order valence-electron chi connectivity index (χ1n) is 10.2. The molecule has 0 N–H and O–H groups in total. The molecule has 2 aromatic rings. The summed E-state index contributed by atoms with van der Waals surface area (Å²) in [6.45, 7) is 5.00. The van der Waals surface area contributed by atoms with E-state index >= 15 is 0 Å². The quantitative estimate of drug-likeness (QED) is 0.245. The number of benzene rings is 2. The lowest BCUT2D eigenvalue weighted by molar-refractivity contribution is -0.150. The van der Waals surface area contributed by atoms with Gasteiger partial charge in [-0.2, -0.15) is 0 Å². The molecule has 5 nitrogen and oxygen atoms in total. The van der Waals surface area contributed by atoms with Gasteiger partial charge in [0.2, 0.25) is 0 Å². The molecule has 1 aliphatic heterocycles. The number of carbonyl (C=O) groups excluding carboxylic acids is 1. The summed E-state index contributed by atoms with van der Waals surface area (Å²) in [7, 11) is 0. The number of nitrogens with zero attached hydrogens (tertiary/aromatic N) is 2. The van der Waals surface area contributed by atoms with Gasteiger partial charge in [0.1, 0.15) is 12.3 Å². The van der Waals surface area contributed by atoms with Crippen molar-refractivity contribution in [3.05, 3.63) is 69.7 Å². The van der Waals surface area contributed by atoms with Crippen molar-refractivity contribution in [2.75, 3.05) is 32.8 Å². The van der Waals surface area contributed by atoms with E-state index in [1.807, 2.05) is 55.5 Å². The van der Waals surface area contributed by atoms with E-state index in [1.165, 1.54) is 0 Å². The minimum absolute atomic E-state index is 0.0596. The predicted octanol–water partition coefficient (Wildman–Crippen LogP) is 5.04. The van der Waals surface area contributed by atoms with Crippen LogP contribution in [0.1, 0.15) is 30.9 Å². The van der Waals surface area contributed by atoms with Crippen molar-refractivity contribution in [2.24, 2.45) is 11.1 Å². The second kappa shape index (κ2) is 11.3. The predicted molar refractivity (Wildman–Crippen MR) is 120 cm³/mol. The van der Waals surface area contributed by atoms with E-state index < -0.39 is 0 Å². The molecule has 0 aliphatic carbocycles. The van der Waals surface area contributed by atoms with Crippen molar-refractivity contribution in [1.82, 2.24) is 4.90 Å². The molecule has 1 atom stereocenters. The van der Waals surface area contributed by atoms with Crippen LogP contribution >= 0.6 is 23.2 Å². The van der Waals surface area contributed by atoms with E-state index in [0.717, 1.165) is 30.5 Å². The number of halogens is 2. The molecule has 0 amide bonds. The zero-order chi connectivity index (χ0) is 21.3. The van der Waals surface area contributed by atoms with Crippen LogP contribution in [0.2, 0.25) is 10.0 Å². The Morgan fingerprint density at radius 1 is 1.13 bits per heavy atom. The number of oxime groups is 1. The van der Waals surface area contributed by atoms with Crippen LogP contribution in [0.5, 0.6) is 0 Å². The Morgan fingerprint density at radius 2 is 1.80 bits per heavy atom. The number of ether oxygens (including phenoxy) is 1. The Morgan fingerprint density at radius 3 is 2.40 bits per heavy atom. The van der Waals surface area contributed by atoms with E-state index in [4.69, 9.17) is 32.8 Å². The second-order valence-corrected chi connectivity index (χ2v) is 8.06. The molecule has 0 bridgehead atoms. The first kappa shape index (κ1) is 22.6. The van der Waals surface area contributed by atoms with Crippen molar-refractivity contribution in [1.29, 1.82) is 0 Å². The number of esters is 1. The van der Waals surface area contributed by atoms with Gasteiger partial charge in [-0.3, -0.25) is 9.69 Å². The van der Waals surface area contributed by atoms with Gasteiger partial charge in [0, 0.05) is 34.3 Å². The maximum absolute atomic E-state index is 12.0. The van der Waals surface area contributed by atoms with Crippen LogP contribution in [0, 0.1) is 5.92 Å². The zero-order valence-corrected chi connectivity index (χ0v) is 18.5. The molecule has 0 radical (unpaired) electrons. The summed E-state index contributed by atoms with van der Waals surface area (Å²) in [5, 5.41) is 5.65. The molecule has 1 fully saturated rings. The van der Waals surface area contributed by atoms with Gasteiger partial charge in [-0.05, 0) is 50.6 Å². The van der Waals surface area contributed by atoms with Crippen molar-refractivity contribution < 1.29 is 14.4 Å². The van der Waals surface area contributed by atoms with Gasteiger partial charge < -0.3 is 9.57 Å². The normalized spacial score (nSPS) is 16.7. The van der Waals surface area contributed by atoms with Crippen LogP contribution in [0.25, 0.3) is 0 Å². The molecule has 160 valence electrons. The Kier molecular flexibility index (Phi) is 8.55. The molecule has 1 aliphatic rings. The fraction of sp³-hybridized carbons (Fsp3) is 0.391. The van der Waals surface area contributed by atoms with Crippen LogP contribution in [-0.4, -0.2) is 49.4 Å². The highest BCUT2D eigenvalue weighted by atomic mass is 35.5. The molecule has 2 aromatic carbocycles. The van der Waals surface area contributed by atoms with Crippen molar-refractivity contribution in [2.45, 2.75) is 19.8 Å². The largest absolute Gasteiger partial charge is 0.466 e. The highest BCUT2D eigenvalue weighted by molar-refractivity contribution is 6.32. The lowest BCUT2D eigenvalue weighted by atomic mass is 9.98. The lowest BCUT2D eigenvalue weighted by Crippen LogP contribution is -2.40. The Labute approximate surface area is 187 Å². The number of hydrogen-bond acceptors (Lipinski definition) is 5. The Balaban J connectivity index is 1.64. The van der Waals surface area contributed by atoms with Crippen LogP contribution < -0.4 is 0 Å². The van der Waals surface area contributed by atoms with E-state index in [1.54, 1.807) is 0 Å². The molecule has 0 spiro atoms. The average molecular weight is 449 g/mol. The molecule has 1 heterocycles. The number of rotatable bonds is 8. The fourth-order valence-electron chi connectivity index (χ4n) is 3.53. The van der Waals surface area contributed by atoms with Gasteiger partial charge in [-0.25, -0.2) is 0 Å². The molecule has 3 rings (SSSR count). The SMILES string of the molecule is CCOC(=O)[C@@H]1CCCN(CCON=C(c2cccc(Cl)c2)c2cccc(Cl)c2)C1. The van der Waals surface area contributed by atoms with Crippen LogP contribution in [0.3, 0.4) is 0 Å². The Bertz CT molecular complexity index is 841. The first-order valence-corrected chi connectivity index (χ1v) is 10.9. The minimum Gasteiger partial charge on any atom is -0.466 e. The lowest BCUT2D eigenvalue weighted by Gasteiger charge is -2.30. The summed E-state index contributed by atoms with van der Waals surface area (Å²) < 4.78 is 5.16. The topological polar surface area (TPSA) is 51.1 Å². The van der Waals surface area contributed by atoms with Gasteiger partial charge in [0.05, 0.1) is 12.5 Å². The van der Waals surface area contributed by atoms with Gasteiger partial charge >= 0.3 is 5.97 Å². The smallest absolute Gasteiger partial charge is 0.310 e. The van der Waals surface area contributed by atoms with Gasteiger partial charge in [0.25, 0.3) is 0 Å². The number of hydrogen-bond donors (Lipinski definition) is 0. The highest BCUT2D eigenvalue weighted by Gasteiger charge is 2.26. The van der Waals surface area contributed by atoms with Gasteiger partial charge in [-0.15, -0.1) is 0 Å². The van der Waals surface area contributed by atoms with Crippen LogP contribution in [0.15, 0.2) is 53.7 Å².